The Morgan fingerprint density at radius 2 is 2.00 bits per heavy atom. The van der Waals surface area contributed by atoms with Crippen LogP contribution in [0.25, 0.3) is 0 Å². The number of H-pyrrole nitrogens is 1. The maximum Gasteiger partial charge on any atom is 0.125 e. The van der Waals surface area contributed by atoms with E-state index >= 15 is 0 Å². The van der Waals surface area contributed by atoms with Gasteiger partial charge in [-0.1, -0.05) is 18.2 Å². The second-order valence-electron chi connectivity index (χ2n) is 6.79. The molecule has 1 fully saturated rings. The number of aliphatic hydroxyl groups excluding tert-OH is 1. The van der Waals surface area contributed by atoms with Crippen molar-refractivity contribution in [1.82, 2.24) is 15.1 Å². The van der Waals surface area contributed by atoms with Gasteiger partial charge in [0.15, 0.2) is 0 Å². The van der Waals surface area contributed by atoms with Crippen LogP contribution in [0.4, 0.5) is 0 Å². The second-order valence-corrected chi connectivity index (χ2v) is 6.79. The normalized spacial score (nSPS) is 17.8. The fourth-order valence-electron chi connectivity index (χ4n) is 3.49. The summed E-state index contributed by atoms with van der Waals surface area (Å²) in [4.78, 5) is 2.33. The number of piperidine rings is 1. The molecule has 24 heavy (non-hydrogen) atoms. The van der Waals surface area contributed by atoms with Gasteiger partial charge in [0.1, 0.15) is 18.5 Å². The van der Waals surface area contributed by atoms with Crippen molar-refractivity contribution in [1.29, 1.82) is 0 Å². The Morgan fingerprint density at radius 3 is 2.62 bits per heavy atom. The zero-order chi connectivity index (χ0) is 16.9. The average Bonchev–Trinajstić information content (AvgIpc) is 3.09. The monoisotopic (exact) mass is 329 g/mol. The number of hydrogen-bond donors (Lipinski definition) is 2. The first-order valence-corrected chi connectivity index (χ1v) is 8.71. The Hall–Kier alpha value is -1.85. The number of hydrogen-bond acceptors (Lipinski definition) is 4. The van der Waals surface area contributed by atoms with Crippen molar-refractivity contribution in [3.05, 3.63) is 47.3 Å². The first-order valence-electron chi connectivity index (χ1n) is 8.71. The zero-order valence-corrected chi connectivity index (χ0v) is 14.5. The van der Waals surface area contributed by atoms with Gasteiger partial charge in [0.05, 0.1) is 6.20 Å². The highest BCUT2D eigenvalue weighted by atomic mass is 16.5. The van der Waals surface area contributed by atoms with Crippen LogP contribution in [0.5, 0.6) is 5.75 Å². The number of likely N-dealkylation sites (tertiary alicyclic amines) is 1. The Labute approximate surface area is 143 Å². The molecule has 1 aliphatic rings. The molecule has 0 spiro atoms. The molecule has 1 saturated heterocycles. The van der Waals surface area contributed by atoms with E-state index in [1.165, 1.54) is 5.56 Å². The van der Waals surface area contributed by atoms with Crippen LogP contribution in [0.1, 0.15) is 35.4 Å². The van der Waals surface area contributed by atoms with E-state index in [0.29, 0.717) is 19.1 Å². The largest absolute Gasteiger partial charge is 0.490 e. The van der Waals surface area contributed by atoms with Crippen LogP contribution in [0.15, 0.2) is 30.6 Å². The lowest BCUT2D eigenvalue weighted by atomic mass is 9.91. The summed E-state index contributed by atoms with van der Waals surface area (Å²) >= 11 is 0. The number of ether oxygens (including phenoxy) is 1. The molecule has 1 aliphatic heterocycles. The molecular weight excluding hydrogens is 302 g/mol. The van der Waals surface area contributed by atoms with E-state index in [1.807, 2.05) is 44.4 Å². The fraction of sp³-hybridized carbons (Fsp3) is 0.526. The first-order chi connectivity index (χ1) is 11.6. The van der Waals surface area contributed by atoms with E-state index in [9.17, 15) is 5.11 Å². The van der Waals surface area contributed by atoms with Crippen molar-refractivity contribution in [2.45, 2.75) is 38.7 Å². The van der Waals surface area contributed by atoms with Gasteiger partial charge in [0.2, 0.25) is 0 Å². The predicted molar refractivity (Wildman–Crippen MR) is 94.4 cm³/mol. The van der Waals surface area contributed by atoms with Gasteiger partial charge >= 0.3 is 0 Å². The smallest absolute Gasteiger partial charge is 0.125 e. The molecule has 130 valence electrons. The molecule has 2 aromatic rings. The highest BCUT2D eigenvalue weighted by Gasteiger charge is 2.23. The van der Waals surface area contributed by atoms with E-state index in [4.69, 9.17) is 4.74 Å². The second kappa shape index (κ2) is 7.81. The van der Waals surface area contributed by atoms with Crippen LogP contribution < -0.4 is 4.74 Å². The molecule has 0 amide bonds. The number of aromatic amines is 1. The van der Waals surface area contributed by atoms with Gasteiger partial charge in [-0.15, -0.1) is 0 Å². The number of benzene rings is 1. The molecule has 0 bridgehead atoms. The van der Waals surface area contributed by atoms with Crippen LogP contribution >= 0.6 is 0 Å². The van der Waals surface area contributed by atoms with Gasteiger partial charge < -0.3 is 14.7 Å². The minimum Gasteiger partial charge on any atom is -0.490 e. The minimum absolute atomic E-state index is 0.341. The molecule has 1 aromatic heterocycles. The standard InChI is InChI=1S/C19H27N3O2/c1-14-4-3-5-15(2)19(14)24-13-18(23)12-22-8-6-16(7-9-22)17-10-20-21-11-17/h3-5,10-11,16,18,23H,6-9,12-13H2,1-2H3,(H,20,21)/t18-/m1/s1. The minimum atomic E-state index is -0.463. The van der Waals surface area contributed by atoms with E-state index in [2.05, 4.69) is 15.1 Å². The number of nitrogens with one attached hydrogen (secondary N) is 1. The maximum absolute atomic E-state index is 10.3. The summed E-state index contributed by atoms with van der Waals surface area (Å²) in [7, 11) is 0. The quantitative estimate of drug-likeness (QED) is 0.855. The summed E-state index contributed by atoms with van der Waals surface area (Å²) in [5.41, 5.74) is 3.53. The SMILES string of the molecule is Cc1cccc(C)c1OC[C@H](O)CN1CCC(c2cn[nH]c2)CC1. The third-order valence-corrected chi connectivity index (χ3v) is 4.88. The number of para-hydroxylation sites is 1. The Balaban J connectivity index is 1.44. The summed E-state index contributed by atoms with van der Waals surface area (Å²) in [5.74, 6) is 1.48. The molecule has 2 heterocycles. The van der Waals surface area contributed by atoms with Gasteiger partial charge in [0.25, 0.3) is 0 Å². The number of nitrogens with zero attached hydrogens (tertiary/aromatic N) is 2. The van der Waals surface area contributed by atoms with Crippen molar-refractivity contribution in [2.24, 2.45) is 0 Å². The molecule has 0 unspecified atom stereocenters. The molecule has 0 radical (unpaired) electrons. The lowest BCUT2D eigenvalue weighted by Gasteiger charge is -2.32. The summed E-state index contributed by atoms with van der Waals surface area (Å²) in [6.07, 6.45) is 5.68. The number of aromatic nitrogens is 2. The van der Waals surface area contributed by atoms with Crippen LogP contribution in [-0.4, -0.2) is 52.5 Å². The molecule has 1 aromatic carbocycles. The molecule has 2 N–H and O–H groups in total. The molecule has 5 nitrogen and oxygen atoms in total. The van der Waals surface area contributed by atoms with Gasteiger partial charge in [-0.3, -0.25) is 5.10 Å². The third kappa shape index (κ3) is 4.16. The molecule has 1 atom stereocenters. The number of aliphatic hydroxyl groups is 1. The van der Waals surface area contributed by atoms with Crippen molar-refractivity contribution in [2.75, 3.05) is 26.2 Å². The van der Waals surface area contributed by atoms with Crippen molar-refractivity contribution >= 4 is 0 Å². The summed E-state index contributed by atoms with van der Waals surface area (Å²) in [6.45, 7) is 7.10. The van der Waals surface area contributed by atoms with E-state index in [1.54, 1.807) is 0 Å². The molecule has 5 heteroatoms. The molecule has 0 aliphatic carbocycles. The molecular formula is C19H27N3O2. The van der Waals surface area contributed by atoms with E-state index < -0.39 is 6.10 Å². The maximum atomic E-state index is 10.3. The van der Waals surface area contributed by atoms with Gasteiger partial charge in [-0.05, 0) is 62.4 Å². The highest BCUT2D eigenvalue weighted by Crippen LogP contribution is 2.27. The Morgan fingerprint density at radius 1 is 1.29 bits per heavy atom. The summed E-state index contributed by atoms with van der Waals surface area (Å²) < 4.78 is 5.86. The van der Waals surface area contributed by atoms with Crippen LogP contribution in [0.3, 0.4) is 0 Å². The topological polar surface area (TPSA) is 61.4 Å². The van der Waals surface area contributed by atoms with Gasteiger partial charge in [-0.25, -0.2) is 0 Å². The highest BCUT2D eigenvalue weighted by molar-refractivity contribution is 5.39. The molecule has 0 saturated carbocycles. The lowest BCUT2D eigenvalue weighted by Crippen LogP contribution is -2.40. The van der Waals surface area contributed by atoms with Crippen LogP contribution in [0, 0.1) is 13.8 Å². The molecule has 3 rings (SSSR count). The fourth-order valence-corrected chi connectivity index (χ4v) is 3.49. The average molecular weight is 329 g/mol. The Kier molecular flexibility index (Phi) is 5.53. The Bertz CT molecular complexity index is 614. The summed E-state index contributed by atoms with van der Waals surface area (Å²) in [5, 5.41) is 17.2. The van der Waals surface area contributed by atoms with Gasteiger partial charge in [-0.2, -0.15) is 5.10 Å². The number of rotatable bonds is 6. The van der Waals surface area contributed by atoms with Crippen molar-refractivity contribution in [3.63, 3.8) is 0 Å². The number of β-amino-alcohol motifs (C(OH)–C–C–N with tert-alkyl or cyclic N) is 1. The van der Waals surface area contributed by atoms with E-state index in [-0.39, 0.29) is 0 Å². The predicted octanol–water partition coefficient (Wildman–Crippen LogP) is 2.65. The number of aryl methyl sites for hydroxylation is 2. The van der Waals surface area contributed by atoms with Crippen molar-refractivity contribution in [3.8, 4) is 5.75 Å². The zero-order valence-electron chi connectivity index (χ0n) is 14.5. The van der Waals surface area contributed by atoms with Crippen molar-refractivity contribution < 1.29 is 9.84 Å². The first kappa shape index (κ1) is 17.0. The lowest BCUT2D eigenvalue weighted by molar-refractivity contribution is 0.0590. The van der Waals surface area contributed by atoms with E-state index in [0.717, 1.165) is 42.8 Å². The third-order valence-electron chi connectivity index (χ3n) is 4.88. The van der Waals surface area contributed by atoms with Crippen LogP contribution in [-0.2, 0) is 0 Å². The van der Waals surface area contributed by atoms with Gasteiger partial charge in [0, 0.05) is 12.7 Å². The van der Waals surface area contributed by atoms with Crippen LogP contribution in [0.2, 0.25) is 0 Å². The summed E-state index contributed by atoms with van der Waals surface area (Å²) in [6, 6.07) is 6.10.